The molecule has 2 atom stereocenters. The van der Waals surface area contributed by atoms with Gasteiger partial charge in [0.05, 0.1) is 30.3 Å². The first-order valence-corrected chi connectivity index (χ1v) is 11.1. The van der Waals surface area contributed by atoms with E-state index in [4.69, 9.17) is 14.7 Å². The number of Topliss-reactive ketones (excluding diaryl/α,β-unsaturated/α-hetero) is 1. The van der Waals surface area contributed by atoms with Crippen LogP contribution in [0.3, 0.4) is 0 Å². The molecule has 1 heterocycles. The van der Waals surface area contributed by atoms with Gasteiger partial charge in [-0.15, -0.1) is 0 Å². The Hall–Kier alpha value is -3.17. The second-order valence-corrected chi connectivity index (χ2v) is 8.22. The highest BCUT2D eigenvalue weighted by molar-refractivity contribution is 5.89. The van der Waals surface area contributed by atoms with Gasteiger partial charge in [-0.25, -0.2) is 4.79 Å². The summed E-state index contributed by atoms with van der Waals surface area (Å²) in [7, 11) is 1.36. The van der Waals surface area contributed by atoms with Crippen LogP contribution in [0.25, 0.3) is 0 Å². The van der Waals surface area contributed by atoms with Crippen LogP contribution in [0.5, 0.6) is 5.75 Å². The second-order valence-electron chi connectivity index (χ2n) is 8.22. The number of ether oxygens (including phenoxy) is 2. The lowest BCUT2D eigenvalue weighted by Gasteiger charge is -2.35. The van der Waals surface area contributed by atoms with Crippen molar-refractivity contribution >= 4 is 11.8 Å². The Bertz CT molecular complexity index is 947. The molecule has 1 saturated heterocycles. The Morgan fingerprint density at radius 1 is 1.12 bits per heavy atom. The van der Waals surface area contributed by atoms with Crippen LogP contribution in [0.2, 0.25) is 0 Å². The van der Waals surface area contributed by atoms with Gasteiger partial charge in [-0.3, -0.25) is 9.69 Å². The number of nitriles is 1. The molecule has 2 aromatic rings. The fraction of sp³-hybridized carbons (Fsp3) is 0.423. The normalized spacial score (nSPS) is 17.2. The van der Waals surface area contributed by atoms with Crippen LogP contribution in [0, 0.1) is 11.3 Å². The maximum absolute atomic E-state index is 13.1. The minimum atomic E-state index is -0.360. The first-order valence-electron chi connectivity index (χ1n) is 11.1. The van der Waals surface area contributed by atoms with E-state index in [1.807, 2.05) is 19.1 Å². The average molecular weight is 435 g/mol. The summed E-state index contributed by atoms with van der Waals surface area (Å²) in [5.74, 6) is 0.703. The molecule has 1 aliphatic rings. The molecule has 168 valence electrons. The summed E-state index contributed by atoms with van der Waals surface area (Å²) in [5.41, 5.74) is 2.15. The van der Waals surface area contributed by atoms with Crippen molar-refractivity contribution in [3.8, 4) is 11.8 Å². The van der Waals surface area contributed by atoms with Crippen LogP contribution < -0.4 is 4.74 Å². The number of methoxy groups -OCH3 is 1. The minimum Gasteiger partial charge on any atom is -0.492 e. The molecule has 0 saturated carbocycles. The summed E-state index contributed by atoms with van der Waals surface area (Å²) in [5, 5.41) is 8.89. The lowest BCUT2D eigenvalue weighted by molar-refractivity contribution is -0.126. The molecule has 0 amide bonds. The van der Waals surface area contributed by atoms with E-state index in [0.29, 0.717) is 30.7 Å². The van der Waals surface area contributed by atoms with E-state index < -0.39 is 0 Å². The number of nitrogens with zero attached hydrogens (tertiary/aromatic N) is 2. The zero-order valence-electron chi connectivity index (χ0n) is 18.8. The molecule has 32 heavy (non-hydrogen) atoms. The molecular formula is C26H30N2O4. The van der Waals surface area contributed by atoms with Crippen molar-refractivity contribution in [2.75, 3.05) is 26.8 Å². The van der Waals surface area contributed by atoms with E-state index in [0.717, 1.165) is 37.1 Å². The molecule has 3 rings (SSSR count). The van der Waals surface area contributed by atoms with E-state index in [2.05, 4.69) is 11.0 Å². The monoisotopic (exact) mass is 434 g/mol. The van der Waals surface area contributed by atoms with Gasteiger partial charge in [-0.1, -0.05) is 25.5 Å². The predicted octanol–water partition coefficient (Wildman–Crippen LogP) is 4.34. The zero-order valence-corrected chi connectivity index (χ0v) is 18.8. The Balaban J connectivity index is 1.53. The van der Waals surface area contributed by atoms with Gasteiger partial charge in [-0.05, 0) is 67.3 Å². The molecule has 6 nitrogen and oxygen atoms in total. The van der Waals surface area contributed by atoms with E-state index in [9.17, 15) is 9.59 Å². The third-order valence-corrected chi connectivity index (χ3v) is 6.02. The molecule has 0 spiro atoms. The third kappa shape index (κ3) is 6.18. The topological polar surface area (TPSA) is 79.6 Å². The van der Waals surface area contributed by atoms with Gasteiger partial charge in [0.15, 0.2) is 5.78 Å². The Morgan fingerprint density at radius 2 is 1.84 bits per heavy atom. The highest BCUT2D eigenvalue weighted by Crippen LogP contribution is 2.25. The van der Waals surface area contributed by atoms with Crippen molar-refractivity contribution in [1.29, 1.82) is 5.26 Å². The quantitative estimate of drug-likeness (QED) is 0.546. The average Bonchev–Trinajstić information content (AvgIpc) is 2.84. The summed E-state index contributed by atoms with van der Waals surface area (Å²) >= 11 is 0. The standard InChI is InChI=1S/C26H30N2O4/c1-19(21-8-10-22(11-9-21)26(30)31-2)17-25(29)24-5-3-4-14-28(24)15-16-32-23-12-6-20(18-27)7-13-23/h6-13,19,24H,3-5,14-17H2,1-2H3/t19-,24-/m1/s1. The number of ketones is 1. The maximum atomic E-state index is 13.1. The summed E-state index contributed by atoms with van der Waals surface area (Å²) in [6.45, 7) is 4.14. The Morgan fingerprint density at radius 3 is 2.50 bits per heavy atom. The SMILES string of the molecule is COC(=O)c1ccc([C@H](C)CC(=O)[C@H]2CCCCN2CCOc2ccc(C#N)cc2)cc1. The number of carbonyl (C=O) groups is 2. The van der Waals surface area contributed by atoms with Gasteiger partial charge in [0.25, 0.3) is 0 Å². The van der Waals surface area contributed by atoms with Gasteiger partial charge in [0.2, 0.25) is 0 Å². The van der Waals surface area contributed by atoms with Crippen molar-refractivity contribution in [3.63, 3.8) is 0 Å². The van der Waals surface area contributed by atoms with Crippen molar-refractivity contribution in [1.82, 2.24) is 4.90 Å². The summed E-state index contributed by atoms with van der Waals surface area (Å²) in [4.78, 5) is 27.0. The molecule has 0 N–H and O–H groups in total. The number of esters is 1. The van der Waals surface area contributed by atoms with E-state index in [1.54, 1.807) is 36.4 Å². The maximum Gasteiger partial charge on any atom is 0.337 e. The molecule has 0 aliphatic carbocycles. The Kier molecular flexibility index (Phi) is 8.41. The summed E-state index contributed by atoms with van der Waals surface area (Å²) < 4.78 is 10.6. The van der Waals surface area contributed by atoms with Crippen LogP contribution in [0.1, 0.15) is 60.0 Å². The highest BCUT2D eigenvalue weighted by Gasteiger charge is 2.29. The summed E-state index contributed by atoms with van der Waals surface area (Å²) in [6.07, 6.45) is 3.50. The fourth-order valence-corrected chi connectivity index (χ4v) is 4.15. The van der Waals surface area contributed by atoms with E-state index in [-0.39, 0.29) is 23.7 Å². The fourth-order valence-electron chi connectivity index (χ4n) is 4.15. The molecule has 0 bridgehead atoms. The third-order valence-electron chi connectivity index (χ3n) is 6.02. The van der Waals surface area contributed by atoms with Crippen molar-refractivity contribution < 1.29 is 19.1 Å². The second kappa shape index (κ2) is 11.4. The molecular weight excluding hydrogens is 404 g/mol. The van der Waals surface area contributed by atoms with Crippen molar-refractivity contribution in [3.05, 3.63) is 65.2 Å². The molecule has 6 heteroatoms. The largest absolute Gasteiger partial charge is 0.492 e. The number of hydrogen-bond acceptors (Lipinski definition) is 6. The molecule has 0 radical (unpaired) electrons. The number of piperidine rings is 1. The van der Waals surface area contributed by atoms with Gasteiger partial charge in [0, 0.05) is 13.0 Å². The first kappa shape index (κ1) is 23.5. The van der Waals surface area contributed by atoms with Crippen LogP contribution in [0.15, 0.2) is 48.5 Å². The van der Waals surface area contributed by atoms with E-state index >= 15 is 0 Å². The van der Waals surface area contributed by atoms with Crippen molar-refractivity contribution in [2.45, 2.75) is 44.6 Å². The van der Waals surface area contributed by atoms with Crippen molar-refractivity contribution in [2.24, 2.45) is 0 Å². The molecule has 0 unspecified atom stereocenters. The number of rotatable bonds is 9. The smallest absolute Gasteiger partial charge is 0.337 e. The Labute approximate surface area is 189 Å². The van der Waals surface area contributed by atoms with Gasteiger partial charge in [0.1, 0.15) is 12.4 Å². The first-order chi connectivity index (χ1) is 15.5. The van der Waals surface area contributed by atoms with Crippen LogP contribution in [-0.2, 0) is 9.53 Å². The van der Waals surface area contributed by atoms with E-state index in [1.165, 1.54) is 7.11 Å². The minimum absolute atomic E-state index is 0.0767. The number of likely N-dealkylation sites (tertiary alicyclic amines) is 1. The molecule has 1 fully saturated rings. The van der Waals surface area contributed by atoms with Gasteiger partial charge in [-0.2, -0.15) is 5.26 Å². The number of carbonyl (C=O) groups excluding carboxylic acids is 2. The van der Waals surface area contributed by atoms with Gasteiger partial charge < -0.3 is 9.47 Å². The van der Waals surface area contributed by atoms with Crippen LogP contribution in [-0.4, -0.2) is 49.5 Å². The van der Waals surface area contributed by atoms with Crippen LogP contribution >= 0.6 is 0 Å². The zero-order chi connectivity index (χ0) is 22.9. The molecule has 0 aromatic heterocycles. The predicted molar refractivity (Wildman–Crippen MR) is 122 cm³/mol. The number of benzene rings is 2. The lowest BCUT2D eigenvalue weighted by atomic mass is 9.89. The lowest BCUT2D eigenvalue weighted by Crippen LogP contribution is -2.46. The molecule has 1 aliphatic heterocycles. The highest BCUT2D eigenvalue weighted by atomic mass is 16.5. The van der Waals surface area contributed by atoms with Gasteiger partial charge >= 0.3 is 5.97 Å². The van der Waals surface area contributed by atoms with Crippen LogP contribution in [0.4, 0.5) is 0 Å². The summed E-state index contributed by atoms with van der Waals surface area (Å²) in [6, 6.07) is 16.4. The molecule has 2 aromatic carbocycles. The number of hydrogen-bond donors (Lipinski definition) is 0.